The van der Waals surface area contributed by atoms with Crippen LogP contribution in [0.15, 0.2) is 96.6 Å². The normalized spacial score (nSPS) is 14.4. The van der Waals surface area contributed by atoms with E-state index in [-0.39, 0.29) is 156 Å². The van der Waals surface area contributed by atoms with E-state index < -0.39 is 181 Å². The van der Waals surface area contributed by atoms with Gasteiger partial charge in [0.1, 0.15) is 66.7 Å². The van der Waals surface area contributed by atoms with Crippen molar-refractivity contribution in [1.29, 1.82) is 5.41 Å². The first kappa shape index (κ1) is 110. The maximum absolute atomic E-state index is 15.0. The second-order valence-electron chi connectivity index (χ2n) is 35.5. The lowest BCUT2D eigenvalue weighted by Gasteiger charge is -2.38. The third-order valence-electron chi connectivity index (χ3n) is 24.2. The van der Waals surface area contributed by atoms with Gasteiger partial charge in [-0.3, -0.25) is 86.7 Å². The quantitative estimate of drug-likeness (QED) is 0.0148. The number of aromatic nitrogens is 5. The number of nitrogens with zero attached hydrogens (tertiary/aromatic N) is 5. The molecule has 7 rings (SSSR count). The topological polar surface area (TPSA) is 649 Å². The van der Waals surface area contributed by atoms with Gasteiger partial charge < -0.3 is 116 Å². The van der Waals surface area contributed by atoms with Gasteiger partial charge in [0.05, 0.1) is 41.7 Å². The highest BCUT2D eigenvalue weighted by molar-refractivity contribution is 6.00. The summed E-state index contributed by atoms with van der Waals surface area (Å²) < 4.78 is 1.03. The first-order valence-corrected chi connectivity index (χ1v) is 47.6. The molecule has 750 valence electrons. The van der Waals surface area contributed by atoms with Gasteiger partial charge in [-0.1, -0.05) is 148 Å². The monoisotopic (exact) mass is 1910 g/mol. The zero-order chi connectivity index (χ0) is 100. The molecule has 42 heteroatoms. The van der Waals surface area contributed by atoms with E-state index in [0.29, 0.717) is 29.7 Å². The lowest BCUT2D eigenvalue weighted by atomic mass is 9.98. The highest BCUT2D eigenvalue weighted by atomic mass is 16.4. The Morgan fingerprint density at radius 2 is 1.04 bits per heavy atom. The minimum Gasteiger partial charge on any atom is -0.508 e. The molecule has 3 aromatic heterocycles. The lowest BCUT2D eigenvalue weighted by Crippen LogP contribution is -2.60. The van der Waals surface area contributed by atoms with E-state index in [4.69, 9.17) is 22.6 Å². The van der Waals surface area contributed by atoms with Crippen molar-refractivity contribution in [2.24, 2.45) is 29.0 Å². The number of carboxylic acids is 2. The lowest BCUT2D eigenvalue weighted by molar-refractivity contribution is -0.139. The Hall–Kier alpha value is -13.6. The number of piperazine rings is 1. The maximum Gasteiger partial charge on any atom is 0.303 e. The number of nitrogens with one attached hydrogen (secondary N) is 15. The molecule has 1 aliphatic heterocycles. The summed E-state index contributed by atoms with van der Waals surface area (Å²) in [6, 6.07) is 4.21. The highest BCUT2D eigenvalue weighted by Gasteiger charge is 2.38. The number of anilines is 1. The smallest absolute Gasteiger partial charge is 0.303 e. The number of amides is 13. The molecule has 0 saturated carbocycles. The zero-order valence-corrected chi connectivity index (χ0v) is 79.4. The average molecular weight is 1910 g/mol. The molecule has 1 aliphatic rings. The molecule has 0 spiro atoms. The van der Waals surface area contributed by atoms with Gasteiger partial charge in [-0.05, 0) is 117 Å². The molecule has 11 atom stereocenters. The Morgan fingerprint density at radius 3 is 1.64 bits per heavy atom. The summed E-state index contributed by atoms with van der Waals surface area (Å²) in [6.45, 7) is 9.52. The number of aliphatic carboxylic acids is 2. The number of guanidine groups is 1. The van der Waals surface area contributed by atoms with Crippen molar-refractivity contribution in [2.45, 2.75) is 288 Å². The van der Waals surface area contributed by atoms with Crippen LogP contribution < -0.4 is 91.5 Å². The van der Waals surface area contributed by atoms with Crippen LogP contribution >= 0.6 is 0 Å². The molecule has 0 unspecified atom stereocenters. The molecule has 1 fully saturated rings. The molecule has 3 aromatic carbocycles. The van der Waals surface area contributed by atoms with Gasteiger partial charge in [-0.2, -0.15) is 0 Å². The number of hydrogen-bond acceptors (Lipinski definition) is 22. The van der Waals surface area contributed by atoms with Crippen molar-refractivity contribution in [1.82, 2.24) is 93.2 Å². The number of carbonyl (C=O) groups is 15. The fraction of sp³-hybridized carbons (Fsp3) is 0.568. The van der Waals surface area contributed by atoms with Crippen molar-refractivity contribution in [3.05, 3.63) is 119 Å². The van der Waals surface area contributed by atoms with Gasteiger partial charge in [0.15, 0.2) is 5.96 Å². The number of phenols is 1. The number of nitrogens with two attached hydrogens (primary N) is 3. The third-order valence-corrected chi connectivity index (χ3v) is 24.2. The maximum atomic E-state index is 15.0. The van der Waals surface area contributed by atoms with Crippen LogP contribution in [0.2, 0.25) is 0 Å². The van der Waals surface area contributed by atoms with E-state index in [2.05, 4.69) is 90.7 Å². The standard InChI is InChI=1S/C95H141N23O19/c1-7-9-10-11-12-13-14-15-16-17-18-19-20-30-79(121)107-71(38-40-82(125)126)87(130)109-70(37-39-81(123)124)85(128)102-41-24-23-28-72(110-92(135)83(97)59(5)8-2)94(137)117-45-43-116(44-46-117)63-33-36-68-66(51-63)93(136)118(57-106-68)55-80(122)108-69(29-25-42-103-95(98)99)86(129)114-76(50-62-54-101-56-105-62)90(133)112-74(48-60-31-34-64(119)35-32-60)89(132)111-73(47-58(3)4)88(131)115-77(52-78(96)120)91(134)113-75(84(127)100-6)49-61-53-104-67-27-22-21-26-65(61)67/h21-22,26-27,31-36,51,53-54,56-59,69-77,83,104,119H,7-20,23-25,28-30,37-50,52,55,97H2,1-6H3,(H2,96,120)(H,100,127)(H,101,105)(H,102,128)(H,107,121)(H,108,122)(H,109,130)(H,110,135)(H,111,132)(H,112,133)(H,113,134)(H,114,129)(H,115,131)(H,123,124)(H,125,126)(H4,98,99,103)/t59-,69-,70-,71-,72-,73-,74-,75-,76-,77-,83-/m0/s1. The summed E-state index contributed by atoms with van der Waals surface area (Å²) in [5, 5.41) is 69.9. The predicted molar refractivity (Wildman–Crippen MR) is 513 cm³/mol. The van der Waals surface area contributed by atoms with Crippen LogP contribution in [0.25, 0.3) is 21.8 Å². The van der Waals surface area contributed by atoms with Crippen LogP contribution in [-0.4, -0.2) is 246 Å². The van der Waals surface area contributed by atoms with E-state index in [1.165, 1.54) is 88.8 Å². The summed E-state index contributed by atoms with van der Waals surface area (Å²) in [4.78, 5) is 239. The van der Waals surface area contributed by atoms with Gasteiger partial charge in [-0.25, -0.2) is 9.97 Å². The van der Waals surface area contributed by atoms with Gasteiger partial charge in [0.25, 0.3) is 5.56 Å². The summed E-state index contributed by atoms with van der Waals surface area (Å²) in [6.07, 6.45) is 18.2. The second-order valence-corrected chi connectivity index (χ2v) is 35.5. The number of para-hydroxylation sites is 1. The molecular weight excluding hydrogens is 1770 g/mol. The number of hydrogen-bond donors (Lipinski definition) is 21. The Bertz CT molecular complexity index is 5060. The number of phenolic OH excluding ortho intramolecular Hbond substituents is 1. The number of aromatic hydroxyl groups is 1. The Kier molecular flexibility index (Phi) is 46.8. The number of primary amides is 1. The minimum atomic E-state index is -1.66. The Balaban J connectivity index is 0.997. The van der Waals surface area contributed by atoms with E-state index in [1.807, 2.05) is 36.1 Å². The summed E-state index contributed by atoms with van der Waals surface area (Å²) >= 11 is 0. The molecular formula is C95H141N23O19. The van der Waals surface area contributed by atoms with Crippen molar-refractivity contribution >= 4 is 122 Å². The number of carbonyl (C=O) groups excluding carboxylic acids is 13. The van der Waals surface area contributed by atoms with Crippen molar-refractivity contribution in [2.75, 3.05) is 51.2 Å². The van der Waals surface area contributed by atoms with E-state index in [9.17, 15) is 87.2 Å². The number of rotatable bonds is 63. The molecule has 137 heavy (non-hydrogen) atoms. The first-order valence-electron chi connectivity index (χ1n) is 47.6. The molecule has 24 N–H and O–H groups in total. The van der Waals surface area contributed by atoms with Crippen LogP contribution in [-0.2, 0) is 97.7 Å². The van der Waals surface area contributed by atoms with Crippen molar-refractivity contribution in [3.63, 3.8) is 0 Å². The summed E-state index contributed by atoms with van der Waals surface area (Å²) in [5.41, 5.74) is 19.9. The summed E-state index contributed by atoms with van der Waals surface area (Å²) in [7, 11) is 1.38. The SMILES string of the molecule is CCCCCCCCCCCCCCCC(=O)N[C@@H](CCC(=O)O)C(=O)N[C@@H](CCC(=O)O)C(=O)NCCCC[C@H](NC(=O)[C@@H](N)[C@@H](C)CC)C(=O)N1CCN(c2ccc3ncn(CC(=O)N[C@@H](CCCNC(=N)N)C(=O)N[C@@H](Cc4c[nH]cn4)C(=O)N[C@@H](Cc4ccc(O)cc4)C(=O)N[C@@H](CC(C)C)C(=O)N[C@@H](CC(N)=O)C(=O)N[C@@H](Cc4c[nH]c5ccccc45)C(=O)NC)c(=O)c3c2)CC1. The van der Waals surface area contributed by atoms with Crippen LogP contribution in [0.5, 0.6) is 5.75 Å². The molecule has 0 aliphatic carbocycles. The number of fused-ring (bicyclic) bond motifs is 2. The number of aromatic amines is 2. The average Bonchev–Trinajstić information content (AvgIpc) is 1.40. The minimum absolute atomic E-state index is 0.00571. The van der Waals surface area contributed by atoms with E-state index in [1.54, 1.807) is 50.1 Å². The molecule has 6 aromatic rings. The molecule has 1 saturated heterocycles. The molecule has 0 radical (unpaired) electrons. The summed E-state index contributed by atoms with van der Waals surface area (Å²) in [5.74, 6) is -13.7. The highest BCUT2D eigenvalue weighted by Crippen LogP contribution is 2.25. The van der Waals surface area contributed by atoms with Gasteiger partial charge in [0, 0.05) is 114 Å². The van der Waals surface area contributed by atoms with Crippen LogP contribution in [0, 0.1) is 17.2 Å². The Morgan fingerprint density at radius 1 is 0.511 bits per heavy atom. The van der Waals surface area contributed by atoms with Crippen LogP contribution in [0.3, 0.4) is 0 Å². The number of benzene rings is 3. The van der Waals surface area contributed by atoms with Gasteiger partial charge >= 0.3 is 11.9 Å². The fourth-order valence-electron chi connectivity index (χ4n) is 16.1. The van der Waals surface area contributed by atoms with Crippen LogP contribution in [0.1, 0.15) is 218 Å². The zero-order valence-electron chi connectivity index (χ0n) is 79.4. The number of H-pyrrole nitrogens is 2. The van der Waals surface area contributed by atoms with E-state index in [0.717, 1.165) is 53.9 Å². The first-order chi connectivity index (χ1) is 65.5. The Labute approximate surface area is 797 Å². The molecule has 4 heterocycles. The molecule has 0 bridgehead atoms. The van der Waals surface area contributed by atoms with Gasteiger partial charge in [-0.15, -0.1) is 0 Å². The van der Waals surface area contributed by atoms with Crippen LogP contribution in [0.4, 0.5) is 5.69 Å². The van der Waals surface area contributed by atoms with E-state index >= 15 is 4.79 Å². The molecule has 42 nitrogen and oxygen atoms in total. The predicted octanol–water partition coefficient (Wildman–Crippen LogP) is 2.85. The number of unbranched alkanes of at least 4 members (excludes halogenated alkanes) is 13. The number of likely N-dealkylation sites (N-methyl/N-ethyl adjacent to an activating group) is 1. The fourth-order valence-corrected chi connectivity index (χ4v) is 16.1. The van der Waals surface area contributed by atoms with Crippen molar-refractivity contribution in [3.8, 4) is 5.75 Å². The second kappa shape index (κ2) is 58.0. The number of imidazole rings is 1. The largest absolute Gasteiger partial charge is 0.508 e. The molecule has 13 amide bonds. The third kappa shape index (κ3) is 38.3. The van der Waals surface area contributed by atoms with Crippen molar-refractivity contribution < 1.29 is 87.2 Å². The number of carboxylic acid groups (broad SMARTS) is 2. The van der Waals surface area contributed by atoms with Gasteiger partial charge in [0.2, 0.25) is 76.8 Å².